The summed E-state index contributed by atoms with van der Waals surface area (Å²) in [5.74, 6) is -0.985. The van der Waals surface area contributed by atoms with Gasteiger partial charge < -0.3 is 15.3 Å². The predicted octanol–water partition coefficient (Wildman–Crippen LogP) is 2.21. The Hall–Kier alpha value is -1.26. The molecule has 0 aliphatic heterocycles. The minimum Gasteiger partial charge on any atom is -0.480 e. The van der Waals surface area contributed by atoms with Gasteiger partial charge in [-0.1, -0.05) is 19.8 Å². The van der Waals surface area contributed by atoms with E-state index in [0.29, 0.717) is 13.0 Å². The van der Waals surface area contributed by atoms with E-state index < -0.39 is 11.5 Å². The van der Waals surface area contributed by atoms with E-state index in [1.165, 1.54) is 0 Å². The Kier molecular flexibility index (Phi) is 4.99. The zero-order chi connectivity index (χ0) is 13.8. The van der Waals surface area contributed by atoms with E-state index in [0.717, 1.165) is 25.7 Å². The Bertz CT molecular complexity index is 313. The maximum Gasteiger partial charge on any atom is 0.329 e. The Labute approximate surface area is 109 Å². The second-order valence-electron chi connectivity index (χ2n) is 5.15. The third-order valence-corrected chi connectivity index (χ3v) is 3.93. The van der Waals surface area contributed by atoms with E-state index in [9.17, 15) is 9.59 Å². The number of hydrogen-bond donors (Lipinski definition) is 2. The number of carboxylic acid groups (broad SMARTS) is 1. The standard InChI is InChI=1S/C13H24N2O3/c1-4-13(3,11(16)17)14-12(18)15(5-2)10-8-6-7-9-10/h10H,4-9H2,1-3H3,(H,14,18)(H,16,17). The van der Waals surface area contributed by atoms with Gasteiger partial charge in [-0.2, -0.15) is 0 Å². The number of aliphatic carboxylic acids is 1. The van der Waals surface area contributed by atoms with Crippen LogP contribution in [0.25, 0.3) is 0 Å². The minimum absolute atomic E-state index is 0.254. The number of hydrogen-bond acceptors (Lipinski definition) is 2. The van der Waals surface area contributed by atoms with Crippen molar-refractivity contribution in [1.29, 1.82) is 0 Å². The first kappa shape index (κ1) is 14.8. The normalized spacial score (nSPS) is 19.3. The molecule has 1 aliphatic rings. The van der Waals surface area contributed by atoms with E-state index >= 15 is 0 Å². The monoisotopic (exact) mass is 256 g/mol. The van der Waals surface area contributed by atoms with E-state index in [4.69, 9.17) is 5.11 Å². The van der Waals surface area contributed by atoms with Crippen LogP contribution in [0.5, 0.6) is 0 Å². The molecule has 104 valence electrons. The summed E-state index contributed by atoms with van der Waals surface area (Å²) in [5.41, 5.74) is -1.18. The lowest BCUT2D eigenvalue weighted by molar-refractivity contribution is -0.143. The predicted molar refractivity (Wildman–Crippen MR) is 69.5 cm³/mol. The first-order valence-corrected chi connectivity index (χ1v) is 6.76. The molecule has 0 radical (unpaired) electrons. The lowest BCUT2D eigenvalue weighted by Gasteiger charge is -2.32. The van der Waals surface area contributed by atoms with Crippen LogP contribution in [-0.4, -0.2) is 40.1 Å². The first-order chi connectivity index (χ1) is 8.44. The summed E-state index contributed by atoms with van der Waals surface area (Å²) in [4.78, 5) is 25.1. The summed E-state index contributed by atoms with van der Waals surface area (Å²) in [7, 11) is 0. The number of urea groups is 1. The maximum absolute atomic E-state index is 12.2. The smallest absolute Gasteiger partial charge is 0.329 e. The molecule has 2 N–H and O–H groups in total. The number of nitrogens with one attached hydrogen (secondary N) is 1. The van der Waals surface area contributed by atoms with Crippen LogP contribution < -0.4 is 5.32 Å². The Balaban J connectivity index is 2.69. The topological polar surface area (TPSA) is 69.6 Å². The van der Waals surface area contributed by atoms with Crippen molar-refractivity contribution in [2.75, 3.05) is 6.54 Å². The lowest BCUT2D eigenvalue weighted by Crippen LogP contribution is -2.57. The highest BCUT2D eigenvalue weighted by Gasteiger charge is 2.35. The summed E-state index contributed by atoms with van der Waals surface area (Å²) in [6, 6.07) is 0.0149. The molecule has 1 fully saturated rings. The molecule has 18 heavy (non-hydrogen) atoms. The molecule has 1 unspecified atom stereocenters. The lowest BCUT2D eigenvalue weighted by atomic mass is 9.99. The van der Waals surface area contributed by atoms with E-state index in [1.807, 2.05) is 6.92 Å². The van der Waals surface area contributed by atoms with Crippen LogP contribution in [0.4, 0.5) is 4.79 Å². The average Bonchev–Trinajstić information content (AvgIpc) is 2.83. The van der Waals surface area contributed by atoms with Gasteiger partial charge in [0.05, 0.1) is 0 Å². The third-order valence-electron chi connectivity index (χ3n) is 3.93. The number of carboxylic acids is 1. The van der Waals surface area contributed by atoms with E-state index in [1.54, 1.807) is 18.7 Å². The summed E-state index contributed by atoms with van der Waals surface area (Å²) < 4.78 is 0. The number of carbonyl (C=O) groups is 2. The summed E-state index contributed by atoms with van der Waals surface area (Å²) >= 11 is 0. The molecule has 0 bridgehead atoms. The van der Waals surface area contributed by atoms with Crippen molar-refractivity contribution in [3.05, 3.63) is 0 Å². The maximum atomic E-state index is 12.2. The largest absolute Gasteiger partial charge is 0.480 e. The zero-order valence-corrected chi connectivity index (χ0v) is 11.5. The van der Waals surface area contributed by atoms with Crippen molar-refractivity contribution < 1.29 is 14.7 Å². The molecule has 1 atom stereocenters. The van der Waals surface area contributed by atoms with Gasteiger partial charge in [-0.25, -0.2) is 9.59 Å². The summed E-state index contributed by atoms with van der Waals surface area (Å²) in [6.45, 7) is 5.87. The van der Waals surface area contributed by atoms with Gasteiger partial charge in [0.15, 0.2) is 0 Å². The molecule has 1 aliphatic carbocycles. The van der Waals surface area contributed by atoms with Crippen LogP contribution in [0, 0.1) is 0 Å². The Morgan fingerprint density at radius 3 is 2.28 bits per heavy atom. The molecule has 1 saturated carbocycles. The van der Waals surface area contributed by atoms with Gasteiger partial charge in [-0.05, 0) is 33.1 Å². The van der Waals surface area contributed by atoms with Crippen LogP contribution >= 0.6 is 0 Å². The Morgan fingerprint density at radius 1 is 1.33 bits per heavy atom. The summed E-state index contributed by atoms with van der Waals surface area (Å²) in [6.07, 6.45) is 4.72. The highest BCUT2D eigenvalue weighted by atomic mass is 16.4. The van der Waals surface area contributed by atoms with Gasteiger partial charge in [0.1, 0.15) is 5.54 Å². The third kappa shape index (κ3) is 3.15. The fraction of sp³-hybridized carbons (Fsp3) is 0.846. The van der Waals surface area contributed by atoms with Crippen molar-refractivity contribution in [2.24, 2.45) is 0 Å². The Morgan fingerprint density at radius 2 is 1.89 bits per heavy atom. The molecular formula is C13H24N2O3. The number of nitrogens with zero attached hydrogens (tertiary/aromatic N) is 1. The van der Waals surface area contributed by atoms with Gasteiger partial charge in [0.25, 0.3) is 0 Å². The molecule has 5 heteroatoms. The van der Waals surface area contributed by atoms with Crippen LogP contribution in [0.3, 0.4) is 0 Å². The quantitative estimate of drug-likeness (QED) is 0.792. The van der Waals surface area contributed by atoms with Crippen LogP contribution in [0.2, 0.25) is 0 Å². The molecular weight excluding hydrogens is 232 g/mol. The average molecular weight is 256 g/mol. The molecule has 2 amide bonds. The number of rotatable bonds is 5. The van der Waals surface area contributed by atoms with E-state index in [2.05, 4.69) is 5.32 Å². The van der Waals surface area contributed by atoms with Crippen molar-refractivity contribution in [1.82, 2.24) is 10.2 Å². The van der Waals surface area contributed by atoms with Gasteiger partial charge in [0, 0.05) is 12.6 Å². The number of amides is 2. The van der Waals surface area contributed by atoms with Crippen molar-refractivity contribution in [3.63, 3.8) is 0 Å². The SMILES string of the molecule is CCN(C(=O)NC(C)(CC)C(=O)O)C1CCCC1. The molecule has 0 aromatic heterocycles. The fourth-order valence-corrected chi connectivity index (χ4v) is 2.38. The fourth-order valence-electron chi connectivity index (χ4n) is 2.38. The van der Waals surface area contributed by atoms with E-state index in [-0.39, 0.29) is 12.1 Å². The molecule has 5 nitrogen and oxygen atoms in total. The van der Waals surface area contributed by atoms with Crippen molar-refractivity contribution >= 4 is 12.0 Å². The summed E-state index contributed by atoms with van der Waals surface area (Å²) in [5, 5.41) is 11.8. The molecule has 0 aromatic rings. The van der Waals surface area contributed by atoms with Gasteiger partial charge in [-0.3, -0.25) is 0 Å². The van der Waals surface area contributed by atoms with Crippen LogP contribution in [0.1, 0.15) is 52.9 Å². The zero-order valence-electron chi connectivity index (χ0n) is 11.5. The van der Waals surface area contributed by atoms with Gasteiger partial charge in [-0.15, -0.1) is 0 Å². The molecule has 0 saturated heterocycles. The molecule has 0 aromatic carbocycles. The highest BCUT2D eigenvalue weighted by Crippen LogP contribution is 2.24. The molecule has 1 rings (SSSR count). The highest BCUT2D eigenvalue weighted by molar-refractivity contribution is 5.86. The van der Waals surface area contributed by atoms with Crippen LogP contribution in [-0.2, 0) is 4.79 Å². The second-order valence-corrected chi connectivity index (χ2v) is 5.15. The minimum atomic E-state index is -1.18. The molecule has 0 heterocycles. The van der Waals surface area contributed by atoms with Crippen LogP contribution in [0.15, 0.2) is 0 Å². The van der Waals surface area contributed by atoms with Gasteiger partial charge >= 0.3 is 12.0 Å². The second kappa shape index (κ2) is 6.07. The first-order valence-electron chi connectivity index (χ1n) is 6.76. The number of carbonyl (C=O) groups excluding carboxylic acids is 1. The van der Waals surface area contributed by atoms with Crippen molar-refractivity contribution in [3.8, 4) is 0 Å². The van der Waals surface area contributed by atoms with Gasteiger partial charge in [0.2, 0.25) is 0 Å². The van der Waals surface area contributed by atoms with Crippen molar-refractivity contribution in [2.45, 2.75) is 64.5 Å². The molecule has 0 spiro atoms.